The number of anilines is 1. The van der Waals surface area contributed by atoms with Crippen molar-refractivity contribution in [3.8, 4) is 0 Å². The van der Waals surface area contributed by atoms with Crippen LogP contribution >= 0.6 is 24.8 Å². The zero-order valence-electron chi connectivity index (χ0n) is 8.14. The van der Waals surface area contributed by atoms with E-state index in [0.29, 0.717) is 0 Å². The minimum atomic E-state index is 0. The molecule has 0 aliphatic carbocycles. The molecule has 0 saturated carbocycles. The van der Waals surface area contributed by atoms with Gasteiger partial charge >= 0.3 is 0 Å². The van der Waals surface area contributed by atoms with Crippen LogP contribution in [0.1, 0.15) is 0 Å². The summed E-state index contributed by atoms with van der Waals surface area (Å²) in [5, 5.41) is 5.59. The van der Waals surface area contributed by atoms with Gasteiger partial charge in [-0.3, -0.25) is 0 Å². The van der Waals surface area contributed by atoms with Crippen LogP contribution in [0.15, 0.2) is 55.2 Å². The third-order valence-corrected chi connectivity index (χ3v) is 2.05. The minimum absolute atomic E-state index is 0. The number of hydrogen-bond acceptors (Lipinski definition) is 1. The number of hydrogen-bond donors (Lipinski definition) is 1. The van der Waals surface area contributed by atoms with E-state index in [1.165, 1.54) is 10.8 Å². The summed E-state index contributed by atoms with van der Waals surface area (Å²) in [6, 6.07) is 14.5. The predicted molar refractivity (Wildman–Crippen MR) is 72.3 cm³/mol. The van der Waals surface area contributed by atoms with Gasteiger partial charge < -0.3 is 5.32 Å². The van der Waals surface area contributed by atoms with Crippen LogP contribution in [0.3, 0.4) is 0 Å². The maximum Gasteiger partial charge on any atom is 0.0459 e. The smallest absolute Gasteiger partial charge is 0.0459 e. The molecule has 0 saturated heterocycles. The molecule has 0 bridgehead atoms. The summed E-state index contributed by atoms with van der Waals surface area (Å²) >= 11 is 0. The Morgan fingerprint density at radius 2 is 1.60 bits per heavy atom. The molecule has 0 atom stereocenters. The van der Waals surface area contributed by atoms with E-state index in [2.05, 4.69) is 30.1 Å². The summed E-state index contributed by atoms with van der Waals surface area (Å²) < 4.78 is 0. The molecule has 0 aliphatic heterocycles. The zero-order valence-corrected chi connectivity index (χ0v) is 9.78. The molecular weight excluding hydrogens is 229 g/mol. The summed E-state index contributed by atoms with van der Waals surface area (Å²) in [7, 11) is 0. The molecule has 0 heterocycles. The first-order valence-corrected chi connectivity index (χ1v) is 4.27. The fourth-order valence-corrected chi connectivity index (χ4v) is 1.46. The van der Waals surface area contributed by atoms with Gasteiger partial charge in [-0.1, -0.05) is 43.0 Å². The second kappa shape index (κ2) is 6.33. The van der Waals surface area contributed by atoms with Crippen molar-refractivity contribution in [1.82, 2.24) is 0 Å². The van der Waals surface area contributed by atoms with E-state index in [1.807, 2.05) is 24.3 Å². The van der Waals surface area contributed by atoms with Crippen molar-refractivity contribution < 1.29 is 0 Å². The van der Waals surface area contributed by atoms with Gasteiger partial charge in [0.1, 0.15) is 0 Å². The third-order valence-electron chi connectivity index (χ3n) is 2.05. The highest BCUT2D eigenvalue weighted by atomic mass is 35.5. The van der Waals surface area contributed by atoms with E-state index in [9.17, 15) is 0 Å². The molecule has 0 aromatic heterocycles. The number of fused-ring (bicyclic) bond motifs is 1. The van der Waals surface area contributed by atoms with Gasteiger partial charge in [-0.05, 0) is 17.7 Å². The molecule has 0 unspecified atom stereocenters. The molecule has 80 valence electrons. The number of nitrogens with one attached hydrogen (secondary N) is 1. The van der Waals surface area contributed by atoms with Gasteiger partial charge in [-0.2, -0.15) is 0 Å². The summed E-state index contributed by atoms with van der Waals surface area (Å²) in [6.45, 7) is 3.65. The lowest BCUT2D eigenvalue weighted by molar-refractivity contribution is 1.64. The van der Waals surface area contributed by atoms with Crippen LogP contribution in [0.25, 0.3) is 10.8 Å². The summed E-state index contributed by atoms with van der Waals surface area (Å²) in [5.74, 6) is 0. The Bertz CT molecular complexity index is 435. The molecular formula is C12H13Cl2N. The van der Waals surface area contributed by atoms with Gasteiger partial charge in [0.05, 0.1) is 0 Å². The van der Waals surface area contributed by atoms with Crippen molar-refractivity contribution in [2.45, 2.75) is 0 Å². The van der Waals surface area contributed by atoms with Crippen LogP contribution in [0.5, 0.6) is 0 Å². The Balaban J connectivity index is 0.000000980. The standard InChI is InChI=1S/C12H11N.2ClH/c1-2-13-12-9-5-7-10-6-3-4-8-11(10)12;;/h2-9,13H,1H2;2*1H. The quantitative estimate of drug-likeness (QED) is 0.830. The fourth-order valence-electron chi connectivity index (χ4n) is 1.46. The van der Waals surface area contributed by atoms with Gasteiger partial charge in [0.15, 0.2) is 0 Å². The monoisotopic (exact) mass is 241 g/mol. The van der Waals surface area contributed by atoms with Crippen LogP contribution < -0.4 is 5.32 Å². The number of rotatable bonds is 2. The Kier molecular flexibility index (Phi) is 5.83. The molecule has 2 aromatic rings. The van der Waals surface area contributed by atoms with Crippen LogP contribution in [0, 0.1) is 0 Å². The second-order valence-corrected chi connectivity index (χ2v) is 2.88. The van der Waals surface area contributed by atoms with Crippen molar-refractivity contribution in [1.29, 1.82) is 0 Å². The van der Waals surface area contributed by atoms with Crippen LogP contribution in [0.4, 0.5) is 5.69 Å². The Labute approximate surface area is 102 Å². The van der Waals surface area contributed by atoms with Crippen molar-refractivity contribution in [2.75, 3.05) is 5.32 Å². The Morgan fingerprint density at radius 1 is 0.933 bits per heavy atom. The first-order valence-electron chi connectivity index (χ1n) is 4.27. The Hall–Kier alpha value is -1.18. The van der Waals surface area contributed by atoms with E-state index in [0.717, 1.165) is 5.69 Å². The van der Waals surface area contributed by atoms with Gasteiger partial charge in [0, 0.05) is 11.1 Å². The lowest BCUT2D eigenvalue weighted by atomic mass is 10.1. The second-order valence-electron chi connectivity index (χ2n) is 2.88. The average molecular weight is 242 g/mol. The number of halogens is 2. The van der Waals surface area contributed by atoms with Gasteiger partial charge in [0.2, 0.25) is 0 Å². The third kappa shape index (κ3) is 2.88. The molecule has 2 rings (SSSR count). The normalized spacial score (nSPS) is 8.53. The van der Waals surface area contributed by atoms with E-state index >= 15 is 0 Å². The molecule has 0 fully saturated rings. The highest BCUT2D eigenvalue weighted by molar-refractivity contribution is 5.94. The van der Waals surface area contributed by atoms with Gasteiger partial charge in [0.25, 0.3) is 0 Å². The highest BCUT2D eigenvalue weighted by Crippen LogP contribution is 2.22. The topological polar surface area (TPSA) is 12.0 Å². The van der Waals surface area contributed by atoms with E-state index < -0.39 is 0 Å². The van der Waals surface area contributed by atoms with Crippen LogP contribution in [-0.2, 0) is 0 Å². The van der Waals surface area contributed by atoms with Crippen LogP contribution in [0.2, 0.25) is 0 Å². The molecule has 3 heteroatoms. The fraction of sp³-hybridized carbons (Fsp3) is 0. The molecule has 15 heavy (non-hydrogen) atoms. The van der Waals surface area contributed by atoms with E-state index in [-0.39, 0.29) is 24.8 Å². The largest absolute Gasteiger partial charge is 0.362 e. The minimum Gasteiger partial charge on any atom is -0.362 e. The summed E-state index contributed by atoms with van der Waals surface area (Å²) in [5.41, 5.74) is 1.10. The molecule has 0 spiro atoms. The SMILES string of the molecule is C=CNc1cccc2ccccc12.Cl.Cl. The molecule has 1 nitrogen and oxygen atoms in total. The number of benzene rings is 2. The average Bonchev–Trinajstić information content (AvgIpc) is 2.19. The summed E-state index contributed by atoms with van der Waals surface area (Å²) in [4.78, 5) is 0. The van der Waals surface area contributed by atoms with Crippen molar-refractivity contribution >= 4 is 41.3 Å². The van der Waals surface area contributed by atoms with Crippen molar-refractivity contribution in [3.63, 3.8) is 0 Å². The zero-order chi connectivity index (χ0) is 9.10. The van der Waals surface area contributed by atoms with Gasteiger partial charge in [-0.25, -0.2) is 0 Å². The highest BCUT2D eigenvalue weighted by Gasteiger charge is 1.95. The molecule has 0 amide bonds. The van der Waals surface area contributed by atoms with Crippen LogP contribution in [-0.4, -0.2) is 0 Å². The van der Waals surface area contributed by atoms with Gasteiger partial charge in [-0.15, -0.1) is 24.8 Å². The van der Waals surface area contributed by atoms with Crippen molar-refractivity contribution in [2.24, 2.45) is 0 Å². The van der Waals surface area contributed by atoms with E-state index in [1.54, 1.807) is 6.20 Å². The molecule has 1 N–H and O–H groups in total. The summed E-state index contributed by atoms with van der Waals surface area (Å²) in [6.07, 6.45) is 1.70. The molecule has 2 aromatic carbocycles. The Morgan fingerprint density at radius 3 is 2.33 bits per heavy atom. The van der Waals surface area contributed by atoms with E-state index in [4.69, 9.17) is 0 Å². The predicted octanol–water partition coefficient (Wildman–Crippen LogP) is 4.24. The first-order chi connectivity index (χ1) is 6.42. The molecule has 0 radical (unpaired) electrons. The lowest BCUT2D eigenvalue weighted by Gasteiger charge is -2.04. The lowest BCUT2D eigenvalue weighted by Crippen LogP contribution is -1.86. The maximum absolute atomic E-state index is 3.65. The first kappa shape index (κ1) is 13.8. The maximum atomic E-state index is 3.65. The van der Waals surface area contributed by atoms with Crippen molar-refractivity contribution in [3.05, 3.63) is 55.2 Å². The molecule has 0 aliphatic rings.